The van der Waals surface area contributed by atoms with Crippen molar-refractivity contribution >= 4 is 23.2 Å². The monoisotopic (exact) mass is 445 g/mol. The number of aryl methyl sites for hydroxylation is 1. The number of carboxylic acid groups (broad SMARTS) is 1. The number of ether oxygens (including phenoxy) is 2. The minimum Gasteiger partial charge on any atom is -0.493 e. The zero-order chi connectivity index (χ0) is 22.8. The quantitative estimate of drug-likeness (QED) is 0.435. The van der Waals surface area contributed by atoms with Gasteiger partial charge in [-0.2, -0.15) is 0 Å². The molecule has 5 rings (SSSR count). The smallest absolute Gasteiger partial charge is 0.304 e. The number of rotatable bonds is 8. The first kappa shape index (κ1) is 21.1. The number of anilines is 3. The van der Waals surface area contributed by atoms with Crippen LogP contribution in [0.1, 0.15) is 48.4 Å². The van der Waals surface area contributed by atoms with Crippen LogP contribution in [0.25, 0.3) is 0 Å². The standard InChI is InChI=1S/C26H27N3O4/c1-2-5-16-6-4-11-27-26(16)29-21-8-3-7-20-22(15-33-25(20)21)28-18-9-10-19-17(12-24(30)31)14-32-23(19)13-18/h3-4,6-11,13,17,22,28H,2,5,12,14-15H2,1H3,(H,27,29)(H,30,31)/t17-,22-/m1/s1. The second kappa shape index (κ2) is 9.02. The van der Waals surface area contributed by atoms with Crippen LogP contribution < -0.4 is 20.1 Å². The lowest BCUT2D eigenvalue weighted by Gasteiger charge is -2.15. The highest BCUT2D eigenvalue weighted by atomic mass is 16.5. The Balaban J connectivity index is 1.34. The van der Waals surface area contributed by atoms with Gasteiger partial charge in [-0.1, -0.05) is 37.6 Å². The number of carboxylic acids is 1. The molecule has 1 aromatic heterocycles. The molecule has 170 valence electrons. The largest absolute Gasteiger partial charge is 0.493 e. The summed E-state index contributed by atoms with van der Waals surface area (Å²) >= 11 is 0. The van der Waals surface area contributed by atoms with Crippen molar-refractivity contribution in [2.45, 2.75) is 38.1 Å². The van der Waals surface area contributed by atoms with Gasteiger partial charge < -0.3 is 25.2 Å². The Labute approximate surface area is 192 Å². The second-order valence-electron chi connectivity index (χ2n) is 8.48. The Morgan fingerprint density at radius 3 is 2.88 bits per heavy atom. The fraction of sp³-hybridized carbons (Fsp3) is 0.308. The molecule has 0 saturated heterocycles. The van der Waals surface area contributed by atoms with Crippen LogP contribution in [0, 0.1) is 0 Å². The molecule has 2 aliphatic rings. The van der Waals surface area contributed by atoms with E-state index in [4.69, 9.17) is 14.6 Å². The van der Waals surface area contributed by atoms with Crippen LogP contribution in [0.15, 0.2) is 54.7 Å². The Morgan fingerprint density at radius 1 is 1.12 bits per heavy atom. The van der Waals surface area contributed by atoms with E-state index in [1.54, 1.807) is 6.20 Å². The maximum absolute atomic E-state index is 11.1. The van der Waals surface area contributed by atoms with Crippen molar-refractivity contribution in [2.24, 2.45) is 0 Å². The van der Waals surface area contributed by atoms with E-state index < -0.39 is 5.97 Å². The molecule has 0 aliphatic carbocycles. The van der Waals surface area contributed by atoms with Crippen molar-refractivity contribution < 1.29 is 19.4 Å². The first-order valence-electron chi connectivity index (χ1n) is 11.3. The molecule has 2 aromatic carbocycles. The number of hydrogen-bond acceptors (Lipinski definition) is 6. The zero-order valence-electron chi connectivity index (χ0n) is 18.5. The molecular weight excluding hydrogens is 418 g/mol. The molecule has 0 fully saturated rings. The van der Waals surface area contributed by atoms with Crippen LogP contribution in [0.3, 0.4) is 0 Å². The topological polar surface area (TPSA) is 92.7 Å². The van der Waals surface area contributed by atoms with Gasteiger partial charge in [0.25, 0.3) is 0 Å². The van der Waals surface area contributed by atoms with E-state index in [2.05, 4.69) is 34.7 Å². The molecule has 7 nitrogen and oxygen atoms in total. The van der Waals surface area contributed by atoms with Crippen molar-refractivity contribution in [3.63, 3.8) is 0 Å². The van der Waals surface area contributed by atoms with Crippen molar-refractivity contribution in [1.82, 2.24) is 4.98 Å². The summed E-state index contributed by atoms with van der Waals surface area (Å²) in [7, 11) is 0. The van der Waals surface area contributed by atoms with Gasteiger partial charge in [0, 0.05) is 35.0 Å². The Hall–Kier alpha value is -3.74. The third-order valence-corrected chi connectivity index (χ3v) is 6.13. The molecule has 3 N–H and O–H groups in total. The average Bonchev–Trinajstić information content (AvgIpc) is 3.40. The third kappa shape index (κ3) is 4.31. The van der Waals surface area contributed by atoms with Gasteiger partial charge in [0.2, 0.25) is 0 Å². The van der Waals surface area contributed by atoms with E-state index in [9.17, 15) is 4.79 Å². The maximum Gasteiger partial charge on any atom is 0.304 e. The predicted octanol–water partition coefficient (Wildman–Crippen LogP) is 5.27. The molecule has 33 heavy (non-hydrogen) atoms. The van der Waals surface area contributed by atoms with Gasteiger partial charge in [0.15, 0.2) is 0 Å². The maximum atomic E-state index is 11.1. The summed E-state index contributed by atoms with van der Waals surface area (Å²) in [5.41, 5.74) is 5.04. The summed E-state index contributed by atoms with van der Waals surface area (Å²) in [5, 5.41) is 16.1. The van der Waals surface area contributed by atoms with Gasteiger partial charge >= 0.3 is 5.97 Å². The molecular formula is C26H27N3O4. The SMILES string of the molecule is CCCc1cccnc1Nc1cccc2c1OC[C@H]2Nc1ccc2c(c1)OC[C@H]2CC(=O)O. The number of nitrogens with one attached hydrogen (secondary N) is 2. The number of fused-ring (bicyclic) bond motifs is 2. The molecule has 3 heterocycles. The fourth-order valence-corrected chi connectivity index (χ4v) is 4.56. The molecule has 3 aromatic rings. The average molecular weight is 446 g/mol. The number of carbonyl (C=O) groups is 1. The number of hydrogen-bond donors (Lipinski definition) is 3. The molecule has 7 heteroatoms. The van der Waals surface area contributed by atoms with Crippen LogP contribution in [-0.4, -0.2) is 29.3 Å². The molecule has 0 bridgehead atoms. The van der Waals surface area contributed by atoms with Gasteiger partial charge in [0.1, 0.15) is 23.9 Å². The summed E-state index contributed by atoms with van der Waals surface area (Å²) in [4.78, 5) is 15.6. The summed E-state index contributed by atoms with van der Waals surface area (Å²) in [6.07, 6.45) is 3.89. The molecule has 0 amide bonds. The molecule has 0 radical (unpaired) electrons. The van der Waals surface area contributed by atoms with E-state index in [0.29, 0.717) is 13.2 Å². The summed E-state index contributed by atoms with van der Waals surface area (Å²) in [6, 6.07) is 16.1. The lowest BCUT2D eigenvalue weighted by Crippen LogP contribution is -2.11. The predicted molar refractivity (Wildman–Crippen MR) is 127 cm³/mol. The highest BCUT2D eigenvalue weighted by Gasteiger charge is 2.29. The highest BCUT2D eigenvalue weighted by molar-refractivity contribution is 5.71. The number of aliphatic carboxylic acids is 1. The van der Waals surface area contributed by atoms with E-state index in [-0.39, 0.29) is 18.4 Å². The van der Waals surface area contributed by atoms with Crippen LogP contribution in [0.2, 0.25) is 0 Å². The molecule has 0 spiro atoms. The normalized spacial score (nSPS) is 18.1. The number of nitrogens with zero attached hydrogens (tertiary/aromatic N) is 1. The second-order valence-corrected chi connectivity index (χ2v) is 8.48. The first-order valence-corrected chi connectivity index (χ1v) is 11.3. The van der Waals surface area contributed by atoms with Gasteiger partial charge in [-0.15, -0.1) is 0 Å². The number of aromatic nitrogens is 1. The molecule has 2 atom stereocenters. The van der Waals surface area contributed by atoms with Crippen molar-refractivity contribution in [2.75, 3.05) is 23.8 Å². The van der Waals surface area contributed by atoms with E-state index in [0.717, 1.165) is 52.7 Å². The first-order chi connectivity index (χ1) is 16.1. The van der Waals surface area contributed by atoms with Crippen molar-refractivity contribution in [3.8, 4) is 11.5 Å². The minimum absolute atomic E-state index is 0.00476. The van der Waals surface area contributed by atoms with E-state index in [1.807, 2.05) is 36.4 Å². The lowest BCUT2D eigenvalue weighted by molar-refractivity contribution is -0.137. The lowest BCUT2D eigenvalue weighted by atomic mass is 9.97. The zero-order valence-corrected chi connectivity index (χ0v) is 18.5. The van der Waals surface area contributed by atoms with Crippen LogP contribution in [-0.2, 0) is 11.2 Å². The minimum atomic E-state index is -0.810. The molecule has 2 aliphatic heterocycles. The fourth-order valence-electron chi connectivity index (χ4n) is 4.56. The van der Waals surface area contributed by atoms with Gasteiger partial charge in [-0.3, -0.25) is 4.79 Å². The van der Waals surface area contributed by atoms with Gasteiger partial charge in [-0.25, -0.2) is 4.98 Å². The third-order valence-electron chi connectivity index (χ3n) is 6.13. The molecule has 0 unspecified atom stereocenters. The number of benzene rings is 2. The van der Waals surface area contributed by atoms with Gasteiger partial charge in [-0.05, 0) is 30.2 Å². The van der Waals surface area contributed by atoms with Crippen LogP contribution in [0.4, 0.5) is 17.2 Å². The number of pyridine rings is 1. The summed E-state index contributed by atoms with van der Waals surface area (Å²) < 4.78 is 11.8. The molecule has 0 saturated carbocycles. The Kier molecular flexibility index (Phi) is 5.77. The summed E-state index contributed by atoms with van der Waals surface area (Å²) in [6.45, 7) is 3.08. The Morgan fingerprint density at radius 2 is 2.03 bits per heavy atom. The summed E-state index contributed by atoms with van der Waals surface area (Å²) in [5.74, 6) is 1.54. The van der Waals surface area contributed by atoms with Crippen molar-refractivity contribution in [3.05, 3.63) is 71.4 Å². The Bertz CT molecular complexity index is 1180. The highest BCUT2D eigenvalue weighted by Crippen LogP contribution is 2.43. The van der Waals surface area contributed by atoms with Crippen LogP contribution in [0.5, 0.6) is 11.5 Å². The van der Waals surface area contributed by atoms with E-state index >= 15 is 0 Å². The van der Waals surface area contributed by atoms with Crippen LogP contribution >= 0.6 is 0 Å². The van der Waals surface area contributed by atoms with Gasteiger partial charge in [0.05, 0.1) is 24.8 Å². The van der Waals surface area contributed by atoms with Crippen molar-refractivity contribution in [1.29, 1.82) is 0 Å². The number of para-hydroxylation sites is 1. The van der Waals surface area contributed by atoms with E-state index in [1.165, 1.54) is 5.56 Å².